The minimum Gasteiger partial charge on any atom is -0.435 e. The molecule has 1 amide bonds. The molecule has 0 spiro atoms. The standard InChI is InChI=1S/C20H14ClF2NO2S/c21-14-8-10-16(11-9-14)27-18-7-2-1-6-17(18)24-19(25)13-4-3-5-15(12-13)26-20(22)23/h1-12,20H,(H,24,25). The molecule has 3 aromatic carbocycles. The molecule has 0 radical (unpaired) electrons. The van der Waals surface area contributed by atoms with Gasteiger partial charge in [-0.1, -0.05) is 41.6 Å². The Kier molecular flexibility index (Phi) is 6.32. The van der Waals surface area contributed by atoms with Gasteiger partial charge in [0.05, 0.1) is 5.69 Å². The highest BCUT2D eigenvalue weighted by molar-refractivity contribution is 7.99. The van der Waals surface area contributed by atoms with Crippen molar-refractivity contribution < 1.29 is 18.3 Å². The van der Waals surface area contributed by atoms with Crippen LogP contribution in [0.1, 0.15) is 10.4 Å². The van der Waals surface area contributed by atoms with Gasteiger partial charge in [0.2, 0.25) is 0 Å². The van der Waals surface area contributed by atoms with Gasteiger partial charge in [0.25, 0.3) is 5.91 Å². The molecule has 138 valence electrons. The van der Waals surface area contributed by atoms with Crippen molar-refractivity contribution in [1.29, 1.82) is 0 Å². The number of halogens is 3. The zero-order valence-electron chi connectivity index (χ0n) is 13.9. The number of nitrogens with one attached hydrogen (secondary N) is 1. The van der Waals surface area contributed by atoms with Crippen LogP contribution in [-0.4, -0.2) is 12.5 Å². The van der Waals surface area contributed by atoms with Gasteiger partial charge in [-0.2, -0.15) is 8.78 Å². The van der Waals surface area contributed by atoms with Crippen molar-refractivity contribution >= 4 is 35.0 Å². The maximum Gasteiger partial charge on any atom is 0.387 e. The lowest BCUT2D eigenvalue weighted by Crippen LogP contribution is -2.13. The third-order valence-corrected chi connectivity index (χ3v) is 4.83. The Balaban J connectivity index is 1.77. The SMILES string of the molecule is O=C(Nc1ccccc1Sc1ccc(Cl)cc1)c1cccc(OC(F)F)c1. The number of hydrogen-bond acceptors (Lipinski definition) is 3. The molecule has 7 heteroatoms. The van der Waals surface area contributed by atoms with Crippen molar-refractivity contribution in [3.8, 4) is 5.75 Å². The summed E-state index contributed by atoms with van der Waals surface area (Å²) in [6.45, 7) is -2.94. The van der Waals surface area contributed by atoms with E-state index in [1.54, 1.807) is 24.3 Å². The number of hydrogen-bond donors (Lipinski definition) is 1. The molecule has 0 saturated carbocycles. The molecule has 3 rings (SSSR count). The average molecular weight is 406 g/mol. The highest BCUT2D eigenvalue weighted by Gasteiger charge is 2.12. The summed E-state index contributed by atoms with van der Waals surface area (Å²) >= 11 is 7.38. The van der Waals surface area contributed by atoms with E-state index in [1.807, 2.05) is 24.3 Å². The molecule has 0 aliphatic heterocycles. The van der Waals surface area contributed by atoms with Gasteiger partial charge in [-0.3, -0.25) is 4.79 Å². The molecule has 3 nitrogen and oxygen atoms in total. The second-order valence-electron chi connectivity index (χ2n) is 5.41. The molecular weight excluding hydrogens is 392 g/mol. The van der Waals surface area contributed by atoms with Crippen molar-refractivity contribution in [2.24, 2.45) is 0 Å². The second kappa shape index (κ2) is 8.88. The molecule has 0 fully saturated rings. The highest BCUT2D eigenvalue weighted by atomic mass is 35.5. The highest BCUT2D eigenvalue weighted by Crippen LogP contribution is 2.34. The fourth-order valence-corrected chi connectivity index (χ4v) is 3.32. The summed E-state index contributed by atoms with van der Waals surface area (Å²) in [7, 11) is 0. The van der Waals surface area contributed by atoms with Gasteiger partial charge in [0, 0.05) is 20.4 Å². The molecule has 0 heterocycles. The van der Waals surface area contributed by atoms with Crippen LogP contribution >= 0.6 is 23.4 Å². The molecule has 1 N–H and O–H groups in total. The summed E-state index contributed by atoms with van der Waals surface area (Å²) in [4.78, 5) is 14.3. The van der Waals surface area contributed by atoms with Gasteiger partial charge in [0.15, 0.2) is 0 Å². The smallest absolute Gasteiger partial charge is 0.387 e. The number of amides is 1. The van der Waals surface area contributed by atoms with E-state index in [0.29, 0.717) is 10.7 Å². The minimum absolute atomic E-state index is 0.0681. The fourth-order valence-electron chi connectivity index (χ4n) is 2.30. The largest absolute Gasteiger partial charge is 0.435 e. The van der Waals surface area contributed by atoms with E-state index in [-0.39, 0.29) is 11.3 Å². The van der Waals surface area contributed by atoms with E-state index in [9.17, 15) is 13.6 Å². The van der Waals surface area contributed by atoms with Crippen LogP contribution < -0.4 is 10.1 Å². The molecule has 27 heavy (non-hydrogen) atoms. The Hall–Kier alpha value is -2.57. The first-order valence-electron chi connectivity index (χ1n) is 7.90. The number of benzene rings is 3. The van der Waals surface area contributed by atoms with Crippen LogP contribution in [0, 0.1) is 0 Å². The number of alkyl halides is 2. The summed E-state index contributed by atoms with van der Waals surface area (Å²) in [6.07, 6.45) is 0. The van der Waals surface area contributed by atoms with Crippen molar-refractivity contribution in [3.05, 3.63) is 83.4 Å². The van der Waals surface area contributed by atoms with Crippen molar-refractivity contribution in [1.82, 2.24) is 0 Å². The van der Waals surface area contributed by atoms with Gasteiger partial charge in [0.1, 0.15) is 5.75 Å². The van der Waals surface area contributed by atoms with Gasteiger partial charge in [-0.15, -0.1) is 0 Å². The predicted octanol–water partition coefficient (Wildman–Crippen LogP) is 6.34. The Bertz CT molecular complexity index is 935. The van der Waals surface area contributed by atoms with Crippen molar-refractivity contribution in [3.63, 3.8) is 0 Å². The van der Waals surface area contributed by atoms with Crippen LogP contribution in [0.2, 0.25) is 5.02 Å². The molecule has 0 atom stereocenters. The van der Waals surface area contributed by atoms with E-state index in [2.05, 4.69) is 10.1 Å². The maximum atomic E-state index is 12.5. The third-order valence-electron chi connectivity index (χ3n) is 3.50. The van der Waals surface area contributed by atoms with Crippen LogP contribution in [0.5, 0.6) is 5.75 Å². The molecule has 0 unspecified atom stereocenters. The fraction of sp³-hybridized carbons (Fsp3) is 0.0500. The molecular formula is C20H14ClF2NO2S. The number of carbonyl (C=O) groups excluding carboxylic acids is 1. The van der Waals surface area contributed by atoms with Crippen LogP contribution in [0.4, 0.5) is 14.5 Å². The summed E-state index contributed by atoms with van der Waals surface area (Å²) in [5, 5.41) is 3.46. The minimum atomic E-state index is -2.94. The second-order valence-corrected chi connectivity index (χ2v) is 6.96. The first-order valence-corrected chi connectivity index (χ1v) is 9.09. The van der Waals surface area contributed by atoms with Crippen molar-refractivity contribution in [2.45, 2.75) is 16.4 Å². The number of anilines is 1. The molecule has 0 aliphatic carbocycles. The van der Waals surface area contributed by atoms with Gasteiger partial charge in [-0.25, -0.2) is 0 Å². The normalized spacial score (nSPS) is 10.7. The van der Waals surface area contributed by atoms with Crippen LogP contribution in [0.25, 0.3) is 0 Å². The van der Waals surface area contributed by atoms with E-state index in [4.69, 9.17) is 11.6 Å². The topological polar surface area (TPSA) is 38.3 Å². The van der Waals surface area contributed by atoms with E-state index in [0.717, 1.165) is 9.79 Å². The van der Waals surface area contributed by atoms with Gasteiger partial charge < -0.3 is 10.1 Å². The average Bonchev–Trinajstić information content (AvgIpc) is 2.65. The van der Waals surface area contributed by atoms with E-state index < -0.39 is 12.5 Å². The Morgan fingerprint density at radius 1 is 1.00 bits per heavy atom. The third kappa shape index (κ3) is 5.45. The molecule has 0 bridgehead atoms. The summed E-state index contributed by atoms with van der Waals surface area (Å²) in [6, 6.07) is 20.3. The number of ether oxygens (including phenoxy) is 1. The zero-order chi connectivity index (χ0) is 19.2. The lowest BCUT2D eigenvalue weighted by atomic mass is 10.2. The monoisotopic (exact) mass is 405 g/mol. The maximum absolute atomic E-state index is 12.5. The summed E-state index contributed by atoms with van der Waals surface area (Å²) in [5.41, 5.74) is 0.835. The van der Waals surface area contributed by atoms with E-state index in [1.165, 1.54) is 36.0 Å². The van der Waals surface area contributed by atoms with Crippen molar-refractivity contribution in [2.75, 3.05) is 5.32 Å². The van der Waals surface area contributed by atoms with Crippen LogP contribution in [-0.2, 0) is 0 Å². The Morgan fingerprint density at radius 3 is 2.48 bits per heavy atom. The zero-order valence-corrected chi connectivity index (χ0v) is 15.4. The number of rotatable bonds is 6. The molecule has 3 aromatic rings. The molecule has 0 aliphatic rings. The quantitative estimate of drug-likeness (QED) is 0.519. The van der Waals surface area contributed by atoms with E-state index >= 15 is 0 Å². The predicted molar refractivity (Wildman–Crippen MR) is 103 cm³/mol. The summed E-state index contributed by atoms with van der Waals surface area (Å²) in [5.74, 6) is -0.486. The Morgan fingerprint density at radius 2 is 1.74 bits per heavy atom. The molecule has 0 aromatic heterocycles. The van der Waals surface area contributed by atoms with Gasteiger partial charge in [-0.05, 0) is 54.6 Å². The van der Waals surface area contributed by atoms with Gasteiger partial charge >= 0.3 is 6.61 Å². The lowest BCUT2D eigenvalue weighted by molar-refractivity contribution is -0.0498. The first kappa shape index (κ1) is 19.2. The molecule has 0 saturated heterocycles. The number of carbonyl (C=O) groups is 1. The van der Waals surface area contributed by atoms with Crippen LogP contribution in [0.3, 0.4) is 0 Å². The lowest BCUT2D eigenvalue weighted by Gasteiger charge is -2.12. The van der Waals surface area contributed by atoms with Crippen LogP contribution in [0.15, 0.2) is 82.6 Å². The summed E-state index contributed by atoms with van der Waals surface area (Å²) < 4.78 is 29.0. The number of para-hydroxylation sites is 1. The first-order chi connectivity index (χ1) is 13.0. The Labute approximate surface area is 164 Å².